The third kappa shape index (κ3) is 4.39. The van der Waals surface area contributed by atoms with E-state index in [4.69, 9.17) is 9.47 Å². The van der Waals surface area contributed by atoms with Crippen molar-refractivity contribution in [2.75, 3.05) is 0 Å². The number of benzene rings is 4. The summed E-state index contributed by atoms with van der Waals surface area (Å²) >= 11 is 0. The molecular formula is C26H20O4. The van der Waals surface area contributed by atoms with Gasteiger partial charge in [0, 0.05) is 0 Å². The van der Waals surface area contributed by atoms with E-state index in [-0.39, 0.29) is 0 Å². The molecule has 148 valence electrons. The van der Waals surface area contributed by atoms with Gasteiger partial charge in [0.2, 0.25) is 0 Å². The predicted molar refractivity (Wildman–Crippen MR) is 116 cm³/mol. The van der Waals surface area contributed by atoms with Gasteiger partial charge in [0.15, 0.2) is 0 Å². The first-order valence-corrected chi connectivity index (χ1v) is 9.59. The molecule has 4 rings (SSSR count). The molecule has 0 atom stereocenters. The average molecular weight is 396 g/mol. The Labute approximate surface area is 174 Å². The summed E-state index contributed by atoms with van der Waals surface area (Å²) in [6.45, 7) is 3.92. The lowest BCUT2D eigenvalue weighted by molar-refractivity contribution is 0.0726. The average Bonchev–Trinajstić information content (AvgIpc) is 2.74. The van der Waals surface area contributed by atoms with Crippen molar-refractivity contribution in [3.8, 4) is 11.5 Å². The first-order valence-electron chi connectivity index (χ1n) is 9.59. The van der Waals surface area contributed by atoms with E-state index < -0.39 is 11.9 Å². The molecule has 4 aromatic carbocycles. The van der Waals surface area contributed by atoms with Gasteiger partial charge in [0.25, 0.3) is 0 Å². The zero-order valence-electron chi connectivity index (χ0n) is 16.7. The van der Waals surface area contributed by atoms with Crippen LogP contribution in [0.1, 0.15) is 31.8 Å². The molecule has 0 amide bonds. The number of aryl methyl sites for hydroxylation is 2. The predicted octanol–water partition coefficient (Wildman–Crippen LogP) is 5.90. The summed E-state index contributed by atoms with van der Waals surface area (Å²) in [5.41, 5.74) is 3.12. The van der Waals surface area contributed by atoms with E-state index in [1.165, 1.54) is 0 Å². The van der Waals surface area contributed by atoms with Gasteiger partial charge in [-0.05, 0) is 73.2 Å². The number of rotatable bonds is 4. The SMILES string of the molecule is Cc1ccc(C(=O)Oc2ccc3ccc(OC(=O)c4ccc(C)cc4)cc3c2)cc1. The summed E-state index contributed by atoms with van der Waals surface area (Å²) in [5.74, 6) is 0.0118. The van der Waals surface area contributed by atoms with Crippen LogP contribution in [0, 0.1) is 13.8 Å². The maximum atomic E-state index is 12.4. The number of ether oxygens (including phenoxy) is 2. The van der Waals surface area contributed by atoms with Crippen molar-refractivity contribution < 1.29 is 19.1 Å². The van der Waals surface area contributed by atoms with Gasteiger partial charge in [0.1, 0.15) is 11.5 Å². The fourth-order valence-corrected chi connectivity index (χ4v) is 3.04. The zero-order chi connectivity index (χ0) is 21.1. The number of carbonyl (C=O) groups is 2. The second-order valence-electron chi connectivity index (χ2n) is 7.18. The van der Waals surface area contributed by atoms with E-state index in [0.29, 0.717) is 22.6 Å². The Morgan fingerprint density at radius 2 is 0.933 bits per heavy atom. The first-order chi connectivity index (χ1) is 14.5. The summed E-state index contributed by atoms with van der Waals surface area (Å²) < 4.78 is 11.0. The summed E-state index contributed by atoms with van der Waals surface area (Å²) in [4.78, 5) is 24.7. The fraction of sp³-hybridized carbons (Fsp3) is 0.0769. The highest BCUT2D eigenvalue weighted by molar-refractivity contribution is 5.93. The maximum Gasteiger partial charge on any atom is 0.343 e. The number of esters is 2. The lowest BCUT2D eigenvalue weighted by Crippen LogP contribution is -2.08. The van der Waals surface area contributed by atoms with Gasteiger partial charge in [0.05, 0.1) is 11.1 Å². The van der Waals surface area contributed by atoms with Crippen molar-refractivity contribution in [1.82, 2.24) is 0 Å². The summed E-state index contributed by atoms with van der Waals surface area (Å²) in [6.07, 6.45) is 0. The van der Waals surface area contributed by atoms with Crippen LogP contribution in [-0.4, -0.2) is 11.9 Å². The molecule has 0 fully saturated rings. The number of hydrogen-bond acceptors (Lipinski definition) is 4. The van der Waals surface area contributed by atoms with E-state index in [9.17, 15) is 9.59 Å². The normalized spacial score (nSPS) is 10.6. The molecule has 0 aliphatic heterocycles. The molecule has 0 spiro atoms. The molecule has 0 heterocycles. The Bertz CT molecular complexity index is 1130. The molecule has 0 saturated carbocycles. The van der Waals surface area contributed by atoms with Crippen molar-refractivity contribution >= 4 is 22.7 Å². The van der Waals surface area contributed by atoms with Gasteiger partial charge in [-0.25, -0.2) is 9.59 Å². The lowest BCUT2D eigenvalue weighted by Gasteiger charge is -2.08. The van der Waals surface area contributed by atoms with Gasteiger partial charge in [-0.2, -0.15) is 0 Å². The van der Waals surface area contributed by atoms with Crippen molar-refractivity contribution in [1.29, 1.82) is 0 Å². The second-order valence-corrected chi connectivity index (χ2v) is 7.18. The molecule has 0 unspecified atom stereocenters. The number of fused-ring (bicyclic) bond motifs is 1. The molecule has 0 aromatic heterocycles. The second kappa shape index (κ2) is 8.21. The zero-order valence-corrected chi connectivity index (χ0v) is 16.7. The molecule has 30 heavy (non-hydrogen) atoms. The van der Waals surface area contributed by atoms with Crippen LogP contribution < -0.4 is 9.47 Å². The van der Waals surface area contributed by atoms with Gasteiger partial charge in [-0.15, -0.1) is 0 Å². The highest BCUT2D eigenvalue weighted by Crippen LogP contribution is 2.26. The van der Waals surface area contributed by atoms with Crippen LogP contribution in [0.3, 0.4) is 0 Å². The van der Waals surface area contributed by atoms with Crippen LogP contribution in [0.4, 0.5) is 0 Å². The Morgan fingerprint density at radius 1 is 0.533 bits per heavy atom. The highest BCUT2D eigenvalue weighted by atomic mass is 16.5. The molecule has 0 aliphatic carbocycles. The standard InChI is InChI=1S/C26H20O4/c1-17-3-7-20(8-4-17)25(27)29-23-13-11-19-12-14-24(16-22(19)15-23)30-26(28)21-9-5-18(2)6-10-21/h3-16H,1-2H3. The van der Waals surface area contributed by atoms with Crippen molar-refractivity contribution in [3.63, 3.8) is 0 Å². The topological polar surface area (TPSA) is 52.6 Å². The minimum atomic E-state index is -0.420. The Kier molecular flexibility index (Phi) is 5.31. The summed E-state index contributed by atoms with van der Waals surface area (Å²) in [5, 5.41) is 1.75. The van der Waals surface area contributed by atoms with Gasteiger partial charge >= 0.3 is 11.9 Å². The minimum Gasteiger partial charge on any atom is -0.423 e. The van der Waals surface area contributed by atoms with Crippen molar-refractivity contribution in [2.24, 2.45) is 0 Å². The van der Waals surface area contributed by atoms with E-state index in [2.05, 4.69) is 0 Å². The van der Waals surface area contributed by atoms with E-state index in [0.717, 1.165) is 21.9 Å². The molecule has 4 heteroatoms. The minimum absolute atomic E-state index is 0.420. The molecule has 4 nitrogen and oxygen atoms in total. The van der Waals surface area contributed by atoms with Gasteiger partial charge < -0.3 is 9.47 Å². The quantitative estimate of drug-likeness (QED) is 0.319. The first kappa shape index (κ1) is 19.4. The van der Waals surface area contributed by atoms with E-state index in [1.807, 2.05) is 50.2 Å². The third-order valence-electron chi connectivity index (χ3n) is 4.78. The largest absolute Gasteiger partial charge is 0.423 e. The highest BCUT2D eigenvalue weighted by Gasteiger charge is 2.11. The molecular weight excluding hydrogens is 376 g/mol. The Balaban J connectivity index is 1.53. The van der Waals surface area contributed by atoms with Gasteiger partial charge in [-0.1, -0.05) is 47.5 Å². The van der Waals surface area contributed by atoms with Crippen LogP contribution >= 0.6 is 0 Å². The molecule has 0 saturated heterocycles. The molecule has 0 radical (unpaired) electrons. The summed E-state index contributed by atoms with van der Waals surface area (Å²) in [7, 11) is 0. The van der Waals surface area contributed by atoms with E-state index in [1.54, 1.807) is 48.5 Å². The number of hydrogen-bond donors (Lipinski definition) is 0. The molecule has 0 bridgehead atoms. The Morgan fingerprint density at radius 3 is 1.33 bits per heavy atom. The fourth-order valence-electron chi connectivity index (χ4n) is 3.04. The third-order valence-corrected chi connectivity index (χ3v) is 4.78. The molecule has 0 N–H and O–H groups in total. The lowest BCUT2D eigenvalue weighted by atomic mass is 10.1. The molecule has 0 aliphatic rings. The Hall–Kier alpha value is -3.92. The smallest absolute Gasteiger partial charge is 0.343 e. The van der Waals surface area contributed by atoms with Crippen LogP contribution in [0.2, 0.25) is 0 Å². The van der Waals surface area contributed by atoms with Crippen LogP contribution in [0.5, 0.6) is 11.5 Å². The maximum absolute atomic E-state index is 12.4. The summed E-state index contributed by atoms with van der Waals surface area (Å²) in [6, 6.07) is 25.1. The van der Waals surface area contributed by atoms with Gasteiger partial charge in [-0.3, -0.25) is 0 Å². The van der Waals surface area contributed by atoms with Crippen LogP contribution in [0.25, 0.3) is 10.8 Å². The van der Waals surface area contributed by atoms with E-state index >= 15 is 0 Å². The molecule has 4 aromatic rings. The van der Waals surface area contributed by atoms with Crippen molar-refractivity contribution in [2.45, 2.75) is 13.8 Å². The monoisotopic (exact) mass is 396 g/mol. The van der Waals surface area contributed by atoms with Crippen molar-refractivity contribution in [3.05, 3.63) is 107 Å². The number of carbonyl (C=O) groups excluding carboxylic acids is 2. The van der Waals surface area contributed by atoms with Crippen LogP contribution in [-0.2, 0) is 0 Å². The van der Waals surface area contributed by atoms with Crippen LogP contribution in [0.15, 0.2) is 84.9 Å².